The molecule has 214 valence electrons. The van der Waals surface area contributed by atoms with Crippen LogP contribution in [0.5, 0.6) is 0 Å². The van der Waals surface area contributed by atoms with Crippen molar-refractivity contribution in [3.8, 4) is 0 Å². The number of nitrogens with two attached hydrogens (primary N) is 4. The van der Waals surface area contributed by atoms with Crippen molar-refractivity contribution in [3.05, 3.63) is 36.0 Å². The Bertz CT molecular complexity index is 1150. The summed E-state index contributed by atoms with van der Waals surface area (Å²) in [5, 5.41) is 18.4. The predicted molar refractivity (Wildman–Crippen MR) is 147 cm³/mol. The minimum Gasteiger partial charge on any atom is -0.480 e. The van der Waals surface area contributed by atoms with Gasteiger partial charge < -0.3 is 49.0 Å². The van der Waals surface area contributed by atoms with Crippen LogP contribution in [0.15, 0.2) is 35.5 Å². The van der Waals surface area contributed by atoms with Gasteiger partial charge in [-0.1, -0.05) is 18.2 Å². The van der Waals surface area contributed by atoms with Crippen LogP contribution < -0.4 is 38.9 Å². The number of guanidine groups is 1. The largest absolute Gasteiger partial charge is 0.480 e. The van der Waals surface area contributed by atoms with Crippen molar-refractivity contribution in [3.63, 3.8) is 0 Å². The van der Waals surface area contributed by atoms with Gasteiger partial charge in [-0.3, -0.25) is 19.4 Å². The molecule has 2 rings (SSSR count). The van der Waals surface area contributed by atoms with Gasteiger partial charge in [0.05, 0.1) is 6.54 Å². The number of aliphatic carboxylic acids is 1. The van der Waals surface area contributed by atoms with E-state index in [1.807, 2.05) is 24.3 Å². The summed E-state index contributed by atoms with van der Waals surface area (Å²) in [4.78, 5) is 57.3. The molecule has 14 nitrogen and oxygen atoms in total. The average molecular weight is 546 g/mol. The molecule has 0 saturated carbocycles. The molecule has 1 aromatic heterocycles. The number of hydrogen-bond acceptors (Lipinski definition) is 7. The molecule has 3 atom stereocenters. The molecule has 3 unspecified atom stereocenters. The van der Waals surface area contributed by atoms with Gasteiger partial charge in [0.2, 0.25) is 17.7 Å². The summed E-state index contributed by atoms with van der Waals surface area (Å²) in [6.45, 7) is 0.298. The average Bonchev–Trinajstić information content (AvgIpc) is 3.31. The molecule has 0 spiro atoms. The third-order valence-corrected chi connectivity index (χ3v) is 6.08. The number of para-hydroxylation sites is 1. The number of amides is 3. The Morgan fingerprint density at radius 1 is 0.897 bits per heavy atom. The molecular weight excluding hydrogens is 506 g/mol. The van der Waals surface area contributed by atoms with Crippen LogP contribution in [-0.2, 0) is 25.6 Å². The van der Waals surface area contributed by atoms with Crippen molar-refractivity contribution in [2.24, 2.45) is 27.9 Å². The number of hydrogen-bond donors (Lipinski definition) is 9. The number of unbranched alkanes of at least 4 members (excludes halogenated alkanes) is 1. The van der Waals surface area contributed by atoms with Gasteiger partial charge in [-0.05, 0) is 50.3 Å². The zero-order valence-electron chi connectivity index (χ0n) is 21.8. The van der Waals surface area contributed by atoms with Gasteiger partial charge in [0.1, 0.15) is 18.1 Å². The first-order chi connectivity index (χ1) is 18.7. The molecule has 0 fully saturated rings. The van der Waals surface area contributed by atoms with Crippen LogP contribution in [0.25, 0.3) is 10.9 Å². The van der Waals surface area contributed by atoms with Crippen LogP contribution in [0, 0.1) is 0 Å². The second-order valence-electron chi connectivity index (χ2n) is 9.08. The summed E-state index contributed by atoms with van der Waals surface area (Å²) in [6, 6.07) is 4.14. The maximum absolute atomic E-state index is 13.2. The number of nitrogens with zero attached hydrogens (tertiary/aromatic N) is 1. The Hall–Kier alpha value is -4.17. The van der Waals surface area contributed by atoms with Gasteiger partial charge >= 0.3 is 5.97 Å². The Morgan fingerprint density at radius 2 is 1.54 bits per heavy atom. The van der Waals surface area contributed by atoms with Crippen molar-refractivity contribution >= 4 is 40.6 Å². The van der Waals surface area contributed by atoms with Crippen molar-refractivity contribution in [2.45, 2.75) is 56.7 Å². The standard InChI is InChI=1S/C25H39N9O5/c26-10-4-3-8-19(33-22(36)18(32-21(35)13-27)9-5-11-30-25(28)29)23(37)34-20(24(38)39)12-15-14-31-17-7-2-1-6-16(15)17/h1-2,6-7,14,18-20,31H,3-5,8-13,26-27H2,(H,32,35)(H,33,36)(H,34,37)(H,38,39)(H4,28,29,30). The SMILES string of the molecule is NCCCCC(NC(=O)C(CCCN=C(N)N)NC(=O)CN)C(=O)NC(Cc1c[nH]c2ccccc12)C(=O)O. The molecule has 0 radical (unpaired) electrons. The van der Waals surface area contributed by atoms with E-state index < -0.39 is 41.8 Å². The quantitative estimate of drug-likeness (QED) is 0.0628. The summed E-state index contributed by atoms with van der Waals surface area (Å²) in [7, 11) is 0. The number of benzene rings is 1. The van der Waals surface area contributed by atoms with Gasteiger partial charge in [-0.15, -0.1) is 0 Å². The topological polar surface area (TPSA) is 257 Å². The number of rotatable bonds is 17. The van der Waals surface area contributed by atoms with Crippen LogP contribution in [0.3, 0.4) is 0 Å². The summed E-state index contributed by atoms with van der Waals surface area (Å²) >= 11 is 0. The molecule has 2 aromatic rings. The summed E-state index contributed by atoms with van der Waals surface area (Å²) < 4.78 is 0. The van der Waals surface area contributed by atoms with Gasteiger partial charge in [0.25, 0.3) is 0 Å². The minimum atomic E-state index is -1.24. The smallest absolute Gasteiger partial charge is 0.326 e. The van der Waals surface area contributed by atoms with E-state index in [0.717, 1.165) is 16.5 Å². The zero-order chi connectivity index (χ0) is 28.8. The lowest BCUT2D eigenvalue weighted by Gasteiger charge is -2.24. The van der Waals surface area contributed by atoms with E-state index in [2.05, 4.69) is 25.9 Å². The maximum Gasteiger partial charge on any atom is 0.326 e. The van der Waals surface area contributed by atoms with Gasteiger partial charge in [0, 0.05) is 30.1 Å². The highest BCUT2D eigenvalue weighted by Crippen LogP contribution is 2.19. The number of H-pyrrole nitrogens is 1. The first kappa shape index (κ1) is 31.1. The highest BCUT2D eigenvalue weighted by Gasteiger charge is 2.29. The Kier molecular flexibility index (Phi) is 12.7. The van der Waals surface area contributed by atoms with Crippen molar-refractivity contribution < 1.29 is 24.3 Å². The summed E-state index contributed by atoms with van der Waals surface area (Å²) in [5.74, 6) is -3.13. The number of fused-ring (bicyclic) bond motifs is 1. The molecular formula is C25H39N9O5. The normalized spacial score (nSPS) is 13.2. The lowest BCUT2D eigenvalue weighted by molar-refractivity contribution is -0.142. The molecule has 0 saturated heterocycles. The number of carbonyl (C=O) groups excluding carboxylic acids is 3. The molecule has 3 amide bonds. The number of aromatic nitrogens is 1. The number of carbonyl (C=O) groups is 4. The molecule has 0 aliphatic rings. The van der Waals surface area contributed by atoms with Crippen LogP contribution in [0.1, 0.15) is 37.7 Å². The Labute approximate surface area is 226 Å². The number of aromatic amines is 1. The first-order valence-electron chi connectivity index (χ1n) is 12.8. The van der Waals surface area contributed by atoms with Crippen LogP contribution in [0.2, 0.25) is 0 Å². The molecule has 0 bridgehead atoms. The number of aliphatic imine (C=N–C) groups is 1. The van der Waals surface area contributed by atoms with E-state index >= 15 is 0 Å². The van der Waals surface area contributed by atoms with Crippen LogP contribution in [-0.4, -0.2) is 77.5 Å². The van der Waals surface area contributed by atoms with E-state index in [4.69, 9.17) is 22.9 Å². The van der Waals surface area contributed by atoms with E-state index in [1.165, 1.54) is 0 Å². The second kappa shape index (κ2) is 15.9. The number of nitrogens with one attached hydrogen (secondary N) is 4. The summed E-state index contributed by atoms with van der Waals surface area (Å²) in [5.41, 5.74) is 23.2. The third kappa shape index (κ3) is 10.2. The molecule has 1 aromatic carbocycles. The molecule has 0 aliphatic heterocycles. The molecule has 39 heavy (non-hydrogen) atoms. The summed E-state index contributed by atoms with van der Waals surface area (Å²) in [6.07, 6.45) is 3.64. The molecule has 14 heteroatoms. The van der Waals surface area contributed by atoms with Gasteiger partial charge in [-0.2, -0.15) is 0 Å². The van der Waals surface area contributed by atoms with E-state index in [1.54, 1.807) is 6.20 Å². The van der Waals surface area contributed by atoms with E-state index in [9.17, 15) is 24.3 Å². The van der Waals surface area contributed by atoms with E-state index in [-0.39, 0.29) is 38.3 Å². The molecule has 0 aliphatic carbocycles. The lowest BCUT2D eigenvalue weighted by atomic mass is 10.0. The predicted octanol–water partition coefficient (Wildman–Crippen LogP) is -1.61. The fourth-order valence-electron chi connectivity index (χ4n) is 4.05. The molecule has 1 heterocycles. The van der Waals surface area contributed by atoms with Crippen LogP contribution >= 0.6 is 0 Å². The van der Waals surface area contributed by atoms with Crippen LogP contribution in [0.4, 0.5) is 0 Å². The first-order valence-corrected chi connectivity index (χ1v) is 12.8. The number of carboxylic acids is 1. The van der Waals surface area contributed by atoms with Gasteiger partial charge in [0.15, 0.2) is 5.96 Å². The van der Waals surface area contributed by atoms with E-state index in [0.29, 0.717) is 25.8 Å². The monoisotopic (exact) mass is 545 g/mol. The molecule has 13 N–H and O–H groups in total. The van der Waals surface area contributed by atoms with Crippen molar-refractivity contribution in [1.29, 1.82) is 0 Å². The Morgan fingerprint density at radius 3 is 2.18 bits per heavy atom. The van der Waals surface area contributed by atoms with Gasteiger partial charge in [-0.25, -0.2) is 4.79 Å². The fourth-order valence-corrected chi connectivity index (χ4v) is 4.05. The fraction of sp³-hybridized carbons (Fsp3) is 0.480. The minimum absolute atomic E-state index is 0.0362. The maximum atomic E-state index is 13.2. The highest BCUT2D eigenvalue weighted by atomic mass is 16.4. The number of carboxylic acid groups (broad SMARTS) is 1. The lowest BCUT2D eigenvalue weighted by Crippen LogP contribution is -2.56. The zero-order valence-corrected chi connectivity index (χ0v) is 21.8. The van der Waals surface area contributed by atoms with Crippen molar-refractivity contribution in [2.75, 3.05) is 19.6 Å². The Balaban J connectivity index is 2.15. The second-order valence-corrected chi connectivity index (χ2v) is 9.08. The third-order valence-electron chi connectivity index (χ3n) is 6.08. The highest BCUT2D eigenvalue weighted by molar-refractivity contribution is 5.94. The van der Waals surface area contributed by atoms with Crippen molar-refractivity contribution in [1.82, 2.24) is 20.9 Å².